The summed E-state index contributed by atoms with van der Waals surface area (Å²) < 4.78 is 6.94. The number of ether oxygens (including phenoxy) is 1. The summed E-state index contributed by atoms with van der Waals surface area (Å²) in [7, 11) is 1.73. The van der Waals surface area contributed by atoms with Crippen LogP contribution in [0.1, 0.15) is 5.56 Å². The summed E-state index contributed by atoms with van der Waals surface area (Å²) in [5, 5.41) is 0. The summed E-state index contributed by atoms with van der Waals surface area (Å²) in [4.78, 5) is 11.6. The van der Waals surface area contributed by atoms with Gasteiger partial charge in [-0.05, 0) is 12.1 Å². The Bertz CT molecular complexity index is 698. The van der Waals surface area contributed by atoms with Crippen LogP contribution in [0.2, 0.25) is 0 Å². The molecule has 0 saturated heterocycles. The number of aryl methyl sites for hydroxylation is 1. The zero-order chi connectivity index (χ0) is 13.8. The maximum atomic E-state index is 11.6. The maximum absolute atomic E-state index is 11.6. The standard InChI is InChI=1S/C16H14NO2.Y/c1-4-10-19-13-8-9-14(12(2)11-13)15-6-5-7-16(18)17(15)3;/h1,5,7-9,11H,10H2,2-3H3;/q-1;. The van der Waals surface area contributed by atoms with E-state index in [1.807, 2.05) is 25.1 Å². The number of hydrogen-bond donors (Lipinski definition) is 0. The molecule has 1 aromatic heterocycles. The van der Waals surface area contributed by atoms with Crippen molar-refractivity contribution in [2.24, 2.45) is 7.05 Å². The Kier molecular flexibility index (Phi) is 6.20. The molecule has 0 atom stereocenters. The fourth-order valence-corrected chi connectivity index (χ4v) is 1.89. The van der Waals surface area contributed by atoms with Crippen molar-refractivity contribution < 1.29 is 37.4 Å². The number of hydrogen-bond acceptors (Lipinski definition) is 2. The number of terminal acetylenes is 1. The Morgan fingerprint density at radius 2 is 2.15 bits per heavy atom. The third-order valence-corrected chi connectivity index (χ3v) is 2.89. The van der Waals surface area contributed by atoms with Crippen molar-refractivity contribution in [2.75, 3.05) is 6.61 Å². The molecule has 2 aromatic rings. The molecule has 99 valence electrons. The summed E-state index contributed by atoms with van der Waals surface area (Å²) in [6.45, 7) is 2.21. The SMILES string of the molecule is C#CCOc1ccc(-c2[c-]ccc(=O)n2C)c(C)c1.[Y]. The number of benzene rings is 1. The minimum atomic E-state index is -0.0548. The van der Waals surface area contributed by atoms with Crippen LogP contribution in [0.4, 0.5) is 0 Å². The first-order valence-electron chi connectivity index (χ1n) is 5.88. The minimum absolute atomic E-state index is 0. The van der Waals surface area contributed by atoms with Crippen molar-refractivity contribution in [1.29, 1.82) is 0 Å². The molecule has 4 heteroatoms. The van der Waals surface area contributed by atoms with Crippen LogP contribution in [-0.4, -0.2) is 11.2 Å². The van der Waals surface area contributed by atoms with E-state index in [1.165, 1.54) is 6.07 Å². The number of rotatable bonds is 3. The molecule has 0 saturated carbocycles. The fourth-order valence-electron chi connectivity index (χ4n) is 1.89. The molecule has 0 bridgehead atoms. The quantitative estimate of drug-likeness (QED) is 0.633. The second-order valence-corrected chi connectivity index (χ2v) is 4.19. The average Bonchev–Trinajstić information content (AvgIpc) is 2.40. The maximum Gasteiger partial charge on any atom is 0.194 e. The van der Waals surface area contributed by atoms with Gasteiger partial charge in [0, 0.05) is 39.8 Å². The predicted octanol–water partition coefficient (Wildman–Crippen LogP) is 2.17. The molecule has 1 heterocycles. The summed E-state index contributed by atoms with van der Waals surface area (Å²) in [6.07, 6.45) is 5.15. The molecule has 0 spiro atoms. The summed E-state index contributed by atoms with van der Waals surface area (Å²) >= 11 is 0. The van der Waals surface area contributed by atoms with E-state index < -0.39 is 0 Å². The Hall–Kier alpha value is -1.37. The molecule has 1 radical (unpaired) electrons. The van der Waals surface area contributed by atoms with Crippen molar-refractivity contribution >= 4 is 0 Å². The predicted molar refractivity (Wildman–Crippen MR) is 75.0 cm³/mol. The Morgan fingerprint density at radius 3 is 2.80 bits per heavy atom. The first-order valence-corrected chi connectivity index (χ1v) is 5.88. The van der Waals surface area contributed by atoms with E-state index in [-0.39, 0.29) is 44.9 Å². The van der Waals surface area contributed by atoms with Gasteiger partial charge in [-0.25, -0.2) is 0 Å². The molecular weight excluding hydrogens is 327 g/mol. The zero-order valence-electron chi connectivity index (χ0n) is 11.5. The summed E-state index contributed by atoms with van der Waals surface area (Å²) in [5.41, 5.74) is 2.66. The zero-order valence-corrected chi connectivity index (χ0v) is 14.4. The normalized spacial score (nSPS) is 9.45. The van der Waals surface area contributed by atoms with Crippen molar-refractivity contribution in [1.82, 2.24) is 4.57 Å². The molecule has 0 N–H and O–H groups in total. The Morgan fingerprint density at radius 1 is 1.40 bits per heavy atom. The minimum Gasteiger partial charge on any atom is -0.481 e. The molecular formula is C16H14NO2Y-. The molecule has 0 aliphatic carbocycles. The largest absolute Gasteiger partial charge is 0.481 e. The van der Waals surface area contributed by atoms with Crippen LogP contribution >= 0.6 is 0 Å². The van der Waals surface area contributed by atoms with Crippen LogP contribution in [-0.2, 0) is 39.8 Å². The second kappa shape index (κ2) is 7.43. The van der Waals surface area contributed by atoms with E-state index in [1.54, 1.807) is 17.7 Å². The van der Waals surface area contributed by atoms with Gasteiger partial charge in [-0.3, -0.25) is 4.79 Å². The van der Waals surface area contributed by atoms with Crippen molar-refractivity contribution in [3.05, 3.63) is 52.3 Å². The number of pyridine rings is 1. The van der Waals surface area contributed by atoms with Gasteiger partial charge in [0.1, 0.15) is 12.4 Å². The van der Waals surface area contributed by atoms with Gasteiger partial charge in [0.05, 0.1) is 0 Å². The Labute approximate surface area is 143 Å². The van der Waals surface area contributed by atoms with Crippen molar-refractivity contribution in [3.8, 4) is 29.4 Å². The monoisotopic (exact) mass is 341 g/mol. The molecule has 3 nitrogen and oxygen atoms in total. The van der Waals surface area contributed by atoms with Crippen LogP contribution in [0.15, 0.2) is 35.1 Å². The molecule has 20 heavy (non-hydrogen) atoms. The van der Waals surface area contributed by atoms with Gasteiger partial charge < -0.3 is 9.30 Å². The van der Waals surface area contributed by atoms with Crippen molar-refractivity contribution in [3.63, 3.8) is 0 Å². The van der Waals surface area contributed by atoms with Crippen LogP contribution in [0.3, 0.4) is 0 Å². The van der Waals surface area contributed by atoms with E-state index in [4.69, 9.17) is 11.2 Å². The average molecular weight is 341 g/mol. The third kappa shape index (κ3) is 3.59. The summed E-state index contributed by atoms with van der Waals surface area (Å²) in [6, 6.07) is 11.9. The molecule has 0 aliphatic heterocycles. The third-order valence-electron chi connectivity index (χ3n) is 2.89. The molecule has 0 amide bonds. The van der Waals surface area contributed by atoms with Gasteiger partial charge in [0.15, 0.2) is 5.56 Å². The van der Waals surface area contributed by atoms with Gasteiger partial charge in [-0.2, -0.15) is 12.1 Å². The topological polar surface area (TPSA) is 31.2 Å². The second-order valence-electron chi connectivity index (χ2n) is 4.19. The molecule has 1 aromatic carbocycles. The molecule has 2 rings (SSSR count). The summed E-state index contributed by atoms with van der Waals surface area (Å²) in [5.74, 6) is 3.15. The van der Waals surface area contributed by atoms with Gasteiger partial charge in [0.2, 0.25) is 0 Å². The van der Waals surface area contributed by atoms with E-state index in [0.717, 1.165) is 22.6 Å². The number of aromatic nitrogens is 1. The van der Waals surface area contributed by atoms with E-state index in [0.29, 0.717) is 0 Å². The molecule has 0 aliphatic rings. The van der Waals surface area contributed by atoms with Crippen LogP contribution in [0.5, 0.6) is 5.75 Å². The van der Waals surface area contributed by atoms with E-state index in [9.17, 15) is 4.79 Å². The van der Waals surface area contributed by atoms with Crippen molar-refractivity contribution in [2.45, 2.75) is 6.92 Å². The molecule has 0 unspecified atom stereocenters. The first kappa shape index (κ1) is 16.7. The fraction of sp³-hybridized carbons (Fsp3) is 0.188. The Balaban J connectivity index is 0.00000200. The van der Waals surface area contributed by atoms with Gasteiger partial charge >= 0.3 is 0 Å². The van der Waals surface area contributed by atoms with Gasteiger partial charge in [0.25, 0.3) is 0 Å². The first-order chi connectivity index (χ1) is 9.13. The van der Waals surface area contributed by atoms with Crippen LogP contribution in [0, 0.1) is 25.3 Å². The van der Waals surface area contributed by atoms with E-state index >= 15 is 0 Å². The van der Waals surface area contributed by atoms with Crippen LogP contribution in [0.25, 0.3) is 11.3 Å². The van der Waals surface area contributed by atoms with E-state index in [2.05, 4.69) is 12.0 Å². The van der Waals surface area contributed by atoms with Gasteiger partial charge in [-0.15, -0.1) is 12.5 Å². The molecule has 0 fully saturated rings. The smallest absolute Gasteiger partial charge is 0.194 e. The van der Waals surface area contributed by atoms with Gasteiger partial charge in [-0.1, -0.05) is 35.7 Å². The number of nitrogens with zero attached hydrogens (tertiary/aromatic N) is 1. The van der Waals surface area contributed by atoms with Crippen LogP contribution < -0.4 is 10.3 Å².